The number of ether oxygens (including phenoxy) is 3. The van der Waals surface area contributed by atoms with E-state index in [0.29, 0.717) is 26.4 Å². The van der Waals surface area contributed by atoms with Gasteiger partial charge in [0, 0.05) is 6.54 Å². The standard InChI is InChI=1S/C11H20N2O4S/c1-11(2,3)17-10(14)13-9(18)12-6-8-7-15-4-5-16-8/h8H,4-7H2,1-3H3,(H2,12,13,14,18)/t8-/m0/s1. The summed E-state index contributed by atoms with van der Waals surface area (Å²) < 4.78 is 15.7. The van der Waals surface area contributed by atoms with Gasteiger partial charge in [0.15, 0.2) is 5.11 Å². The molecule has 0 aromatic rings. The maximum absolute atomic E-state index is 11.4. The normalized spacial score (nSPS) is 20.1. The molecule has 0 aromatic carbocycles. The van der Waals surface area contributed by atoms with E-state index in [2.05, 4.69) is 10.6 Å². The van der Waals surface area contributed by atoms with Gasteiger partial charge in [0.05, 0.1) is 25.9 Å². The van der Waals surface area contributed by atoms with Gasteiger partial charge in [0.1, 0.15) is 5.60 Å². The van der Waals surface area contributed by atoms with Crippen molar-refractivity contribution < 1.29 is 19.0 Å². The van der Waals surface area contributed by atoms with E-state index in [4.69, 9.17) is 26.4 Å². The fraction of sp³-hybridized carbons (Fsp3) is 0.818. The third kappa shape index (κ3) is 6.73. The summed E-state index contributed by atoms with van der Waals surface area (Å²) in [5.74, 6) is 0. The number of nitrogens with one attached hydrogen (secondary N) is 2. The van der Waals surface area contributed by atoms with Crippen molar-refractivity contribution in [1.29, 1.82) is 0 Å². The first kappa shape index (κ1) is 15.1. The highest BCUT2D eigenvalue weighted by Gasteiger charge is 2.18. The lowest BCUT2D eigenvalue weighted by Gasteiger charge is -2.24. The highest BCUT2D eigenvalue weighted by Crippen LogP contribution is 2.06. The molecule has 1 aliphatic heterocycles. The number of carbonyl (C=O) groups is 1. The van der Waals surface area contributed by atoms with E-state index < -0.39 is 11.7 Å². The van der Waals surface area contributed by atoms with Crippen LogP contribution in [0.15, 0.2) is 0 Å². The van der Waals surface area contributed by atoms with Crippen LogP contribution in [0.1, 0.15) is 20.8 Å². The summed E-state index contributed by atoms with van der Waals surface area (Å²) >= 11 is 4.97. The smallest absolute Gasteiger partial charge is 0.413 e. The summed E-state index contributed by atoms with van der Waals surface area (Å²) in [6.07, 6.45) is -0.613. The number of hydrogen-bond donors (Lipinski definition) is 2. The molecule has 1 atom stereocenters. The van der Waals surface area contributed by atoms with Gasteiger partial charge in [-0.3, -0.25) is 5.32 Å². The van der Waals surface area contributed by atoms with Crippen molar-refractivity contribution in [3.63, 3.8) is 0 Å². The van der Waals surface area contributed by atoms with E-state index in [1.807, 2.05) is 0 Å². The Balaban J connectivity index is 2.18. The monoisotopic (exact) mass is 276 g/mol. The van der Waals surface area contributed by atoms with Crippen LogP contribution in [0.5, 0.6) is 0 Å². The lowest BCUT2D eigenvalue weighted by atomic mass is 10.2. The number of carbonyl (C=O) groups excluding carboxylic acids is 1. The van der Waals surface area contributed by atoms with Gasteiger partial charge < -0.3 is 19.5 Å². The number of thiocarbonyl (C=S) groups is 1. The minimum absolute atomic E-state index is 0.0443. The molecule has 1 rings (SSSR count). The fourth-order valence-electron chi connectivity index (χ4n) is 1.30. The summed E-state index contributed by atoms with van der Waals surface area (Å²) in [5, 5.41) is 5.54. The second-order valence-corrected chi connectivity index (χ2v) is 5.31. The Morgan fingerprint density at radius 3 is 2.72 bits per heavy atom. The topological polar surface area (TPSA) is 68.8 Å². The number of amides is 1. The van der Waals surface area contributed by atoms with E-state index in [9.17, 15) is 4.79 Å². The predicted octanol–water partition coefficient (Wildman–Crippen LogP) is 0.801. The molecule has 0 unspecified atom stereocenters. The van der Waals surface area contributed by atoms with Gasteiger partial charge in [-0.05, 0) is 33.0 Å². The van der Waals surface area contributed by atoms with Crippen molar-refractivity contribution in [2.45, 2.75) is 32.5 Å². The van der Waals surface area contributed by atoms with Crippen LogP contribution >= 0.6 is 12.2 Å². The summed E-state index contributed by atoms with van der Waals surface area (Å²) in [7, 11) is 0. The van der Waals surface area contributed by atoms with E-state index in [0.717, 1.165) is 0 Å². The van der Waals surface area contributed by atoms with Crippen LogP contribution in [0.25, 0.3) is 0 Å². The van der Waals surface area contributed by atoms with Gasteiger partial charge in [-0.2, -0.15) is 0 Å². The predicted molar refractivity (Wildman–Crippen MR) is 70.5 cm³/mol. The van der Waals surface area contributed by atoms with Gasteiger partial charge in [-0.1, -0.05) is 0 Å². The van der Waals surface area contributed by atoms with Crippen LogP contribution in [-0.2, 0) is 14.2 Å². The average Bonchev–Trinajstić information content (AvgIpc) is 2.25. The lowest BCUT2D eigenvalue weighted by molar-refractivity contribution is -0.0849. The first-order chi connectivity index (χ1) is 8.37. The van der Waals surface area contributed by atoms with Crippen molar-refractivity contribution in [3.8, 4) is 0 Å². The third-order valence-electron chi connectivity index (χ3n) is 1.99. The molecule has 1 amide bonds. The molecule has 0 aromatic heterocycles. The second kappa shape index (κ2) is 6.86. The van der Waals surface area contributed by atoms with Gasteiger partial charge in [-0.15, -0.1) is 0 Å². The number of hydrogen-bond acceptors (Lipinski definition) is 5. The van der Waals surface area contributed by atoms with Crippen molar-refractivity contribution >= 4 is 23.4 Å². The fourth-order valence-corrected chi connectivity index (χ4v) is 1.47. The largest absolute Gasteiger partial charge is 0.444 e. The molecule has 2 N–H and O–H groups in total. The molecule has 0 saturated carbocycles. The van der Waals surface area contributed by atoms with Gasteiger partial charge in [0.2, 0.25) is 0 Å². The van der Waals surface area contributed by atoms with Crippen molar-refractivity contribution in [2.24, 2.45) is 0 Å². The van der Waals surface area contributed by atoms with Crippen LogP contribution < -0.4 is 10.6 Å². The molecule has 7 heteroatoms. The van der Waals surface area contributed by atoms with E-state index in [-0.39, 0.29) is 11.2 Å². The van der Waals surface area contributed by atoms with Crippen molar-refractivity contribution in [3.05, 3.63) is 0 Å². The van der Waals surface area contributed by atoms with Crippen LogP contribution in [0.2, 0.25) is 0 Å². The Hall–Kier alpha value is -0.920. The zero-order valence-electron chi connectivity index (χ0n) is 10.9. The number of rotatable bonds is 2. The molecule has 1 aliphatic rings. The minimum atomic E-state index is -0.569. The summed E-state index contributed by atoms with van der Waals surface area (Å²) in [4.78, 5) is 11.4. The molecule has 0 aliphatic carbocycles. The number of alkyl carbamates (subject to hydrolysis) is 1. The van der Waals surface area contributed by atoms with E-state index in [1.165, 1.54) is 0 Å². The molecule has 1 heterocycles. The van der Waals surface area contributed by atoms with Gasteiger partial charge in [0.25, 0.3) is 0 Å². The quantitative estimate of drug-likeness (QED) is 0.727. The lowest BCUT2D eigenvalue weighted by Crippen LogP contribution is -2.46. The Morgan fingerprint density at radius 1 is 1.44 bits per heavy atom. The molecule has 1 saturated heterocycles. The van der Waals surface area contributed by atoms with Crippen molar-refractivity contribution in [1.82, 2.24) is 10.6 Å². The minimum Gasteiger partial charge on any atom is -0.444 e. The molecule has 6 nitrogen and oxygen atoms in total. The average molecular weight is 276 g/mol. The van der Waals surface area contributed by atoms with Crippen LogP contribution in [0.4, 0.5) is 4.79 Å². The molecule has 104 valence electrons. The van der Waals surface area contributed by atoms with E-state index in [1.54, 1.807) is 20.8 Å². The first-order valence-corrected chi connectivity index (χ1v) is 6.25. The SMILES string of the molecule is CC(C)(C)OC(=O)NC(=S)NC[C@H]1COCCO1. The molecular weight excluding hydrogens is 256 g/mol. The molecule has 1 fully saturated rings. The van der Waals surface area contributed by atoms with Gasteiger partial charge in [-0.25, -0.2) is 4.79 Å². The Kier molecular flexibility index (Phi) is 5.77. The summed E-state index contributed by atoms with van der Waals surface area (Å²) in [5.41, 5.74) is -0.542. The zero-order valence-corrected chi connectivity index (χ0v) is 11.8. The maximum Gasteiger partial charge on any atom is 0.413 e. The van der Waals surface area contributed by atoms with Crippen LogP contribution in [0, 0.1) is 0 Å². The van der Waals surface area contributed by atoms with Crippen LogP contribution in [0.3, 0.4) is 0 Å². The molecule has 0 spiro atoms. The third-order valence-corrected chi connectivity index (χ3v) is 2.24. The molecule has 0 bridgehead atoms. The molecular formula is C11H20N2O4S. The van der Waals surface area contributed by atoms with E-state index >= 15 is 0 Å². The summed E-state index contributed by atoms with van der Waals surface area (Å²) in [6.45, 7) is 7.59. The highest BCUT2D eigenvalue weighted by atomic mass is 32.1. The van der Waals surface area contributed by atoms with Crippen molar-refractivity contribution in [2.75, 3.05) is 26.4 Å². The summed E-state index contributed by atoms with van der Waals surface area (Å²) in [6, 6.07) is 0. The first-order valence-electron chi connectivity index (χ1n) is 5.84. The maximum atomic E-state index is 11.4. The van der Waals surface area contributed by atoms with Gasteiger partial charge >= 0.3 is 6.09 Å². The van der Waals surface area contributed by atoms with Crippen LogP contribution in [-0.4, -0.2) is 49.3 Å². The Morgan fingerprint density at radius 2 is 2.17 bits per heavy atom. The highest BCUT2D eigenvalue weighted by molar-refractivity contribution is 7.80. The second-order valence-electron chi connectivity index (χ2n) is 4.90. The Labute approximate surface area is 112 Å². The Bertz CT molecular complexity index is 298. The molecule has 18 heavy (non-hydrogen) atoms. The molecule has 0 radical (unpaired) electrons. The zero-order chi connectivity index (χ0) is 13.6.